The normalized spacial score (nSPS) is 11.3. The molecule has 0 aromatic heterocycles. The van der Waals surface area contributed by atoms with E-state index < -0.39 is 15.7 Å². The lowest BCUT2D eigenvalue weighted by molar-refractivity contribution is 0.0952. The average Bonchev–Trinajstić information content (AvgIpc) is 2.90. The molecule has 5 nitrogen and oxygen atoms in total. The molecule has 0 saturated heterocycles. The Labute approximate surface area is 229 Å². The molecule has 1 N–H and O–H groups in total. The number of carbonyl (C=O) groups is 1. The van der Waals surface area contributed by atoms with Crippen molar-refractivity contribution in [3.63, 3.8) is 0 Å². The molecule has 0 aliphatic heterocycles. The molecule has 0 unspecified atom stereocenters. The van der Waals surface area contributed by atoms with Crippen LogP contribution in [0.1, 0.15) is 39.0 Å². The van der Waals surface area contributed by atoms with Gasteiger partial charge in [-0.05, 0) is 84.8 Å². The van der Waals surface area contributed by atoms with Gasteiger partial charge < -0.3 is 10.1 Å². The summed E-state index contributed by atoms with van der Waals surface area (Å²) in [5.74, 6) is -0.617. The molecule has 0 spiro atoms. The number of carbonyl (C=O) groups excluding carboxylic acids is 1. The Balaban J connectivity index is 1.46. The number of halogens is 1. The first-order valence-electron chi connectivity index (χ1n) is 12.8. The fraction of sp³-hybridized carbons (Fsp3) is 0.219. The van der Waals surface area contributed by atoms with Crippen LogP contribution < -0.4 is 10.1 Å². The predicted molar refractivity (Wildman–Crippen MR) is 152 cm³/mol. The molecule has 4 aromatic rings. The number of rotatable bonds is 10. The lowest BCUT2D eigenvalue weighted by Crippen LogP contribution is -2.24. The molecule has 0 heterocycles. The molecule has 0 aliphatic rings. The summed E-state index contributed by atoms with van der Waals surface area (Å²) in [6.07, 6.45) is 1.31. The summed E-state index contributed by atoms with van der Waals surface area (Å²) < 4.78 is 46.0. The molecule has 4 aromatic carbocycles. The van der Waals surface area contributed by atoms with Crippen molar-refractivity contribution in [1.29, 1.82) is 0 Å². The monoisotopic (exact) mass is 545 g/mol. The summed E-state index contributed by atoms with van der Waals surface area (Å²) >= 11 is 0. The summed E-state index contributed by atoms with van der Waals surface area (Å²) in [7, 11) is -2.23. The van der Waals surface area contributed by atoms with E-state index in [0.29, 0.717) is 30.7 Å². The van der Waals surface area contributed by atoms with Gasteiger partial charge in [0.15, 0.2) is 9.84 Å². The van der Waals surface area contributed by atoms with E-state index in [4.69, 9.17) is 4.74 Å². The van der Waals surface area contributed by atoms with Crippen molar-refractivity contribution in [3.8, 4) is 16.9 Å². The Morgan fingerprint density at radius 1 is 0.897 bits per heavy atom. The second kappa shape index (κ2) is 12.3. The maximum Gasteiger partial charge on any atom is 0.251 e. The molecular weight excluding hydrogens is 513 g/mol. The van der Waals surface area contributed by atoms with Crippen LogP contribution in [0.15, 0.2) is 89.8 Å². The zero-order valence-corrected chi connectivity index (χ0v) is 23.1. The highest BCUT2D eigenvalue weighted by molar-refractivity contribution is 7.90. The van der Waals surface area contributed by atoms with Crippen molar-refractivity contribution in [1.82, 2.24) is 5.32 Å². The maximum absolute atomic E-state index is 13.6. The molecular formula is C32H32FNO4S. The van der Waals surface area contributed by atoms with E-state index in [1.165, 1.54) is 25.3 Å². The number of ether oxygens (including phenoxy) is 1. The van der Waals surface area contributed by atoms with Gasteiger partial charge in [-0.15, -0.1) is 0 Å². The van der Waals surface area contributed by atoms with E-state index in [9.17, 15) is 17.6 Å². The largest absolute Gasteiger partial charge is 0.495 e. The molecule has 7 heteroatoms. The van der Waals surface area contributed by atoms with Crippen molar-refractivity contribution >= 4 is 15.7 Å². The van der Waals surface area contributed by atoms with Crippen LogP contribution in [0.25, 0.3) is 11.1 Å². The quantitative estimate of drug-likeness (QED) is 0.232. The zero-order chi connectivity index (χ0) is 28.0. The van der Waals surface area contributed by atoms with E-state index in [1.54, 1.807) is 24.3 Å². The Hall–Kier alpha value is -3.97. The van der Waals surface area contributed by atoms with Crippen LogP contribution in [0, 0.1) is 19.7 Å². The van der Waals surface area contributed by atoms with Gasteiger partial charge in [-0.1, -0.05) is 60.2 Å². The van der Waals surface area contributed by atoms with Crippen molar-refractivity contribution in [2.45, 2.75) is 37.3 Å². The highest BCUT2D eigenvalue weighted by Gasteiger charge is 2.23. The molecule has 0 fully saturated rings. The highest BCUT2D eigenvalue weighted by Crippen LogP contribution is 2.35. The number of benzene rings is 4. The Bertz CT molecular complexity index is 1600. The van der Waals surface area contributed by atoms with Gasteiger partial charge in [0.25, 0.3) is 5.91 Å². The molecule has 1 amide bonds. The minimum Gasteiger partial charge on any atom is -0.495 e. The van der Waals surface area contributed by atoms with Gasteiger partial charge in [0.2, 0.25) is 0 Å². The number of hydrogen-bond acceptors (Lipinski definition) is 4. The van der Waals surface area contributed by atoms with Gasteiger partial charge in [0.05, 0.1) is 12.9 Å². The first-order valence-corrected chi connectivity index (χ1v) is 14.4. The Morgan fingerprint density at radius 2 is 1.64 bits per heavy atom. The van der Waals surface area contributed by atoms with Crippen LogP contribution in [0.2, 0.25) is 0 Å². The van der Waals surface area contributed by atoms with E-state index >= 15 is 0 Å². The smallest absolute Gasteiger partial charge is 0.251 e. The van der Waals surface area contributed by atoms with E-state index in [1.807, 2.05) is 56.3 Å². The van der Waals surface area contributed by atoms with Gasteiger partial charge in [-0.25, -0.2) is 12.8 Å². The van der Waals surface area contributed by atoms with Gasteiger partial charge in [-0.3, -0.25) is 4.79 Å². The van der Waals surface area contributed by atoms with E-state index in [2.05, 4.69) is 5.32 Å². The van der Waals surface area contributed by atoms with Crippen molar-refractivity contribution in [2.24, 2.45) is 0 Å². The number of aryl methyl sites for hydroxylation is 3. The molecule has 4 rings (SSSR count). The molecule has 202 valence electrons. The molecule has 39 heavy (non-hydrogen) atoms. The van der Waals surface area contributed by atoms with Crippen LogP contribution in [0.5, 0.6) is 5.75 Å². The minimum absolute atomic E-state index is 0.163. The summed E-state index contributed by atoms with van der Waals surface area (Å²) in [4.78, 5) is 12.4. The molecule has 0 atom stereocenters. The van der Waals surface area contributed by atoms with Crippen molar-refractivity contribution in [3.05, 3.63) is 119 Å². The molecule has 0 radical (unpaired) electrons. The third-order valence-corrected chi connectivity index (χ3v) is 8.24. The predicted octanol–water partition coefficient (Wildman–Crippen LogP) is 6.45. The second-order valence-corrected chi connectivity index (χ2v) is 11.6. The third kappa shape index (κ3) is 7.12. The Morgan fingerprint density at radius 3 is 2.38 bits per heavy atom. The van der Waals surface area contributed by atoms with Crippen LogP contribution in [-0.4, -0.2) is 28.0 Å². The summed E-state index contributed by atoms with van der Waals surface area (Å²) in [6.45, 7) is 4.37. The lowest BCUT2D eigenvalue weighted by atomic mass is 9.99. The minimum atomic E-state index is -3.71. The molecule has 0 saturated carbocycles. The zero-order valence-electron chi connectivity index (χ0n) is 22.3. The average molecular weight is 546 g/mol. The van der Waals surface area contributed by atoms with Crippen LogP contribution in [0.4, 0.5) is 4.39 Å². The van der Waals surface area contributed by atoms with E-state index in [0.717, 1.165) is 27.8 Å². The van der Waals surface area contributed by atoms with Crippen LogP contribution in [-0.2, 0) is 22.0 Å². The van der Waals surface area contributed by atoms with Crippen LogP contribution in [0.3, 0.4) is 0 Å². The standard InChI is InChI=1S/C32H32FNO4S/c1-22-8-4-12-26(16-22)29-20-31(30(38-3)17-23(29)2)39(36,37)21-25-10-5-9-24(18-25)11-7-15-34-32(35)27-13-6-14-28(33)19-27/h4-6,8-10,12-14,16-20H,7,11,15,21H2,1-3H3,(H,34,35). The van der Waals surface area contributed by atoms with Gasteiger partial charge in [-0.2, -0.15) is 0 Å². The van der Waals surface area contributed by atoms with Gasteiger partial charge in [0.1, 0.15) is 16.5 Å². The summed E-state index contributed by atoms with van der Waals surface area (Å²) in [5, 5.41) is 2.79. The van der Waals surface area contributed by atoms with Gasteiger partial charge >= 0.3 is 0 Å². The third-order valence-electron chi connectivity index (χ3n) is 6.54. The van der Waals surface area contributed by atoms with Crippen molar-refractivity contribution in [2.75, 3.05) is 13.7 Å². The number of methoxy groups -OCH3 is 1. The molecule has 0 bridgehead atoms. The second-order valence-electron chi connectivity index (χ2n) is 9.64. The topological polar surface area (TPSA) is 72.5 Å². The summed E-state index contributed by atoms with van der Waals surface area (Å²) in [6, 6.07) is 24.5. The highest BCUT2D eigenvalue weighted by atomic mass is 32.2. The van der Waals surface area contributed by atoms with E-state index in [-0.39, 0.29) is 22.1 Å². The number of nitrogens with one attached hydrogen (secondary N) is 1. The number of amides is 1. The van der Waals surface area contributed by atoms with Gasteiger partial charge in [0, 0.05) is 12.1 Å². The SMILES string of the molecule is COc1cc(C)c(-c2cccc(C)c2)cc1S(=O)(=O)Cc1cccc(CCCNC(=O)c2cccc(F)c2)c1. The molecule has 0 aliphatic carbocycles. The number of hydrogen-bond donors (Lipinski definition) is 1. The number of sulfone groups is 1. The first kappa shape index (κ1) is 28.0. The maximum atomic E-state index is 13.6. The fourth-order valence-electron chi connectivity index (χ4n) is 4.59. The fourth-order valence-corrected chi connectivity index (χ4v) is 6.11. The Kier molecular flexibility index (Phi) is 8.82. The van der Waals surface area contributed by atoms with Crippen LogP contribution >= 0.6 is 0 Å². The summed E-state index contributed by atoms with van der Waals surface area (Å²) in [5.41, 5.74) is 5.76. The lowest BCUT2D eigenvalue weighted by Gasteiger charge is -2.15. The first-order chi connectivity index (χ1) is 18.7. The van der Waals surface area contributed by atoms with Crippen molar-refractivity contribution < 1.29 is 22.3 Å².